The Balaban J connectivity index is 2.12. The largest absolute Gasteiger partial charge is 0.0898 e. The smallest absolute Gasteiger partial charge is 0.0160 e. The van der Waals surface area contributed by atoms with Crippen molar-refractivity contribution >= 4 is 11.8 Å². The number of rotatable bonds is 3. The highest BCUT2D eigenvalue weighted by molar-refractivity contribution is 8.03. The summed E-state index contributed by atoms with van der Waals surface area (Å²) in [6, 6.07) is 9.01. The topological polar surface area (TPSA) is 0 Å². The summed E-state index contributed by atoms with van der Waals surface area (Å²) >= 11 is 1.98. The number of fused-ring (bicyclic) bond motifs is 2. The Hall–Kier alpha value is -0.950. The molecular weight excluding hydrogens is 248 g/mol. The first-order chi connectivity index (χ1) is 9.35. The van der Waals surface area contributed by atoms with Gasteiger partial charge >= 0.3 is 0 Å². The van der Waals surface area contributed by atoms with Gasteiger partial charge in [-0.1, -0.05) is 68.8 Å². The van der Waals surface area contributed by atoms with Crippen LogP contribution in [0.25, 0.3) is 0 Å². The van der Waals surface area contributed by atoms with Crippen molar-refractivity contribution in [1.29, 1.82) is 0 Å². The van der Waals surface area contributed by atoms with Crippen molar-refractivity contribution in [2.45, 2.75) is 50.3 Å². The van der Waals surface area contributed by atoms with Gasteiger partial charge in [-0.05, 0) is 36.0 Å². The Morgan fingerprint density at radius 1 is 1.11 bits per heavy atom. The average molecular weight is 270 g/mol. The maximum Gasteiger partial charge on any atom is 0.0160 e. The van der Waals surface area contributed by atoms with Crippen LogP contribution in [-0.2, 0) is 0 Å². The SMILES string of the molecule is CCC(CC)C1C2=CCCC=C2Sc2ccccc21. The van der Waals surface area contributed by atoms with E-state index < -0.39 is 0 Å². The van der Waals surface area contributed by atoms with Gasteiger partial charge in [0, 0.05) is 15.7 Å². The molecule has 0 spiro atoms. The molecule has 0 nitrogen and oxygen atoms in total. The van der Waals surface area contributed by atoms with E-state index in [1.807, 2.05) is 11.8 Å². The zero-order chi connectivity index (χ0) is 13.2. The Morgan fingerprint density at radius 3 is 2.63 bits per heavy atom. The summed E-state index contributed by atoms with van der Waals surface area (Å²) in [5.41, 5.74) is 3.18. The molecular formula is C18H22S. The van der Waals surface area contributed by atoms with Gasteiger partial charge in [0.25, 0.3) is 0 Å². The quantitative estimate of drug-likeness (QED) is 0.657. The summed E-state index contributed by atoms with van der Waals surface area (Å²) in [6.07, 6.45) is 9.92. The first kappa shape index (κ1) is 13.1. The Labute approximate surface area is 121 Å². The third-order valence-corrected chi connectivity index (χ3v) is 5.69. The van der Waals surface area contributed by atoms with E-state index in [0.717, 1.165) is 5.92 Å². The molecule has 0 radical (unpaired) electrons. The summed E-state index contributed by atoms with van der Waals surface area (Å²) < 4.78 is 0. The Kier molecular flexibility index (Phi) is 3.83. The number of hydrogen-bond donors (Lipinski definition) is 0. The molecule has 100 valence electrons. The van der Waals surface area contributed by atoms with E-state index in [1.54, 1.807) is 11.1 Å². The lowest BCUT2D eigenvalue weighted by molar-refractivity contribution is 0.430. The fraction of sp³-hybridized carbons (Fsp3) is 0.444. The van der Waals surface area contributed by atoms with E-state index in [4.69, 9.17) is 0 Å². The van der Waals surface area contributed by atoms with E-state index in [2.05, 4.69) is 50.3 Å². The highest BCUT2D eigenvalue weighted by atomic mass is 32.2. The van der Waals surface area contributed by atoms with Gasteiger partial charge in [-0.15, -0.1) is 0 Å². The summed E-state index contributed by atoms with van der Waals surface area (Å²) in [6.45, 7) is 4.68. The average Bonchev–Trinajstić information content (AvgIpc) is 2.47. The van der Waals surface area contributed by atoms with Crippen LogP contribution in [-0.4, -0.2) is 0 Å². The molecule has 1 heterocycles. The van der Waals surface area contributed by atoms with Gasteiger partial charge in [0.2, 0.25) is 0 Å². The minimum absolute atomic E-state index is 0.624. The van der Waals surface area contributed by atoms with Crippen molar-refractivity contribution in [2.24, 2.45) is 5.92 Å². The van der Waals surface area contributed by atoms with E-state index in [0.29, 0.717) is 5.92 Å². The number of hydrogen-bond acceptors (Lipinski definition) is 1. The highest BCUT2D eigenvalue weighted by Crippen LogP contribution is 2.53. The second-order valence-corrected chi connectivity index (χ2v) is 6.58. The van der Waals surface area contributed by atoms with Crippen LogP contribution in [0.2, 0.25) is 0 Å². The lowest BCUT2D eigenvalue weighted by Crippen LogP contribution is -2.19. The van der Waals surface area contributed by atoms with Gasteiger partial charge in [-0.2, -0.15) is 0 Å². The van der Waals surface area contributed by atoms with Crippen LogP contribution in [0.5, 0.6) is 0 Å². The van der Waals surface area contributed by atoms with Crippen LogP contribution < -0.4 is 0 Å². The Morgan fingerprint density at radius 2 is 1.84 bits per heavy atom. The highest BCUT2D eigenvalue weighted by Gasteiger charge is 2.33. The normalized spacial score (nSPS) is 21.5. The molecule has 0 aromatic heterocycles. The third-order valence-electron chi connectivity index (χ3n) is 4.47. The molecule has 0 saturated carbocycles. The minimum Gasteiger partial charge on any atom is -0.0898 e. The summed E-state index contributed by atoms with van der Waals surface area (Å²) in [7, 11) is 0. The zero-order valence-corrected chi connectivity index (χ0v) is 12.7. The Bertz CT molecular complexity index is 520. The number of thioether (sulfide) groups is 1. The molecule has 1 atom stereocenters. The van der Waals surface area contributed by atoms with Gasteiger partial charge in [0.1, 0.15) is 0 Å². The monoisotopic (exact) mass is 270 g/mol. The molecule has 1 aromatic rings. The fourth-order valence-electron chi connectivity index (χ4n) is 3.44. The summed E-state index contributed by atoms with van der Waals surface area (Å²) in [5.74, 6) is 1.40. The van der Waals surface area contributed by atoms with Gasteiger partial charge in [0.05, 0.1) is 0 Å². The lowest BCUT2D eigenvalue weighted by atomic mass is 9.76. The zero-order valence-electron chi connectivity index (χ0n) is 11.9. The summed E-state index contributed by atoms with van der Waals surface area (Å²) in [5, 5.41) is 0. The van der Waals surface area contributed by atoms with Crippen LogP contribution in [0.1, 0.15) is 51.0 Å². The van der Waals surface area contributed by atoms with Gasteiger partial charge in [0.15, 0.2) is 0 Å². The molecule has 0 N–H and O–H groups in total. The van der Waals surface area contributed by atoms with Crippen LogP contribution in [0.3, 0.4) is 0 Å². The first-order valence-electron chi connectivity index (χ1n) is 7.52. The maximum atomic E-state index is 2.50. The molecule has 2 aliphatic rings. The molecule has 0 bridgehead atoms. The van der Waals surface area contributed by atoms with Crippen molar-refractivity contribution in [3.63, 3.8) is 0 Å². The predicted octanol–water partition coefficient (Wildman–Crippen LogP) is 5.92. The van der Waals surface area contributed by atoms with E-state index >= 15 is 0 Å². The minimum atomic E-state index is 0.624. The molecule has 1 aliphatic heterocycles. The van der Waals surface area contributed by atoms with Crippen molar-refractivity contribution in [2.75, 3.05) is 0 Å². The molecule has 1 aromatic carbocycles. The maximum absolute atomic E-state index is 2.50. The van der Waals surface area contributed by atoms with Crippen LogP contribution in [0.15, 0.2) is 51.8 Å². The third kappa shape index (κ3) is 2.29. The van der Waals surface area contributed by atoms with Crippen LogP contribution in [0.4, 0.5) is 0 Å². The number of benzene rings is 1. The molecule has 0 saturated heterocycles. The molecule has 0 fully saturated rings. The van der Waals surface area contributed by atoms with E-state index in [1.165, 1.54) is 35.5 Å². The molecule has 1 heteroatoms. The lowest BCUT2D eigenvalue weighted by Gasteiger charge is -2.36. The standard InChI is InChI=1S/C18H22S/c1-3-13(4-2)18-14-9-5-7-11-16(14)19-17-12-8-6-10-15(17)18/h5,7,9-13,18H,3-4,6,8H2,1-2H3. The number of allylic oxidation sites excluding steroid dienone is 3. The van der Waals surface area contributed by atoms with E-state index in [-0.39, 0.29) is 0 Å². The van der Waals surface area contributed by atoms with Gasteiger partial charge in [-0.25, -0.2) is 0 Å². The predicted molar refractivity (Wildman–Crippen MR) is 84.5 cm³/mol. The molecule has 1 aliphatic carbocycles. The van der Waals surface area contributed by atoms with Crippen LogP contribution in [0, 0.1) is 5.92 Å². The van der Waals surface area contributed by atoms with Crippen LogP contribution >= 0.6 is 11.8 Å². The first-order valence-corrected chi connectivity index (χ1v) is 8.34. The fourth-order valence-corrected chi connectivity index (χ4v) is 4.66. The van der Waals surface area contributed by atoms with Crippen molar-refractivity contribution in [1.82, 2.24) is 0 Å². The van der Waals surface area contributed by atoms with Gasteiger partial charge < -0.3 is 0 Å². The van der Waals surface area contributed by atoms with Crippen molar-refractivity contribution < 1.29 is 0 Å². The van der Waals surface area contributed by atoms with Crippen molar-refractivity contribution in [3.8, 4) is 0 Å². The molecule has 19 heavy (non-hydrogen) atoms. The van der Waals surface area contributed by atoms with Gasteiger partial charge in [-0.3, -0.25) is 0 Å². The summed E-state index contributed by atoms with van der Waals surface area (Å²) in [4.78, 5) is 3.01. The molecule has 0 amide bonds. The second kappa shape index (κ2) is 5.58. The molecule has 3 rings (SSSR count). The molecule has 1 unspecified atom stereocenters. The van der Waals surface area contributed by atoms with E-state index in [9.17, 15) is 0 Å². The second-order valence-electron chi connectivity index (χ2n) is 5.50. The van der Waals surface area contributed by atoms with Crippen molar-refractivity contribution in [3.05, 3.63) is 52.5 Å².